The van der Waals surface area contributed by atoms with Gasteiger partial charge < -0.3 is 5.32 Å². The van der Waals surface area contributed by atoms with E-state index in [1.165, 1.54) is 16.8 Å². The Hall–Kier alpha value is -1.20. The molecule has 2 aromatic heterocycles. The van der Waals surface area contributed by atoms with Crippen LogP contribution in [0.5, 0.6) is 0 Å². The highest BCUT2D eigenvalue weighted by atomic mass is 79.9. The van der Waals surface area contributed by atoms with Gasteiger partial charge in [0, 0.05) is 18.9 Å². The summed E-state index contributed by atoms with van der Waals surface area (Å²) in [5.74, 6) is 0. The predicted molar refractivity (Wildman–Crippen MR) is 89.3 cm³/mol. The summed E-state index contributed by atoms with van der Waals surface area (Å²) in [6.45, 7) is 8.30. The van der Waals surface area contributed by atoms with Gasteiger partial charge in [-0.2, -0.15) is 5.10 Å². The van der Waals surface area contributed by atoms with Gasteiger partial charge in [-0.15, -0.1) is 0 Å². The van der Waals surface area contributed by atoms with Gasteiger partial charge in [-0.3, -0.25) is 9.67 Å². The number of nitrogens with zero attached hydrogens (tertiary/aromatic N) is 3. The van der Waals surface area contributed by atoms with Crippen LogP contribution in [-0.2, 0) is 6.54 Å². The van der Waals surface area contributed by atoms with Crippen molar-refractivity contribution in [1.82, 2.24) is 20.1 Å². The summed E-state index contributed by atoms with van der Waals surface area (Å²) >= 11 is 3.65. The molecule has 2 heterocycles. The number of nitrogens with one attached hydrogen (secondary N) is 1. The van der Waals surface area contributed by atoms with Gasteiger partial charge in [0.05, 0.1) is 22.4 Å². The van der Waals surface area contributed by atoms with Crippen molar-refractivity contribution in [3.63, 3.8) is 0 Å². The van der Waals surface area contributed by atoms with E-state index in [0.29, 0.717) is 0 Å². The molecule has 21 heavy (non-hydrogen) atoms. The molecule has 0 saturated carbocycles. The van der Waals surface area contributed by atoms with E-state index in [1.807, 2.05) is 18.6 Å². The molecule has 114 valence electrons. The van der Waals surface area contributed by atoms with Crippen LogP contribution < -0.4 is 5.32 Å². The summed E-state index contributed by atoms with van der Waals surface area (Å²) in [6.07, 6.45) is 7.87. The standard InChI is InChI=1S/C16H23BrN4/c1-4-6-19-15(13-8-12(3)9-18-10-13)16-14(17)11-20-21(16)7-5-2/h8-11,15,19H,4-7H2,1-3H3. The lowest BCUT2D eigenvalue weighted by Gasteiger charge is -2.21. The number of rotatable bonds is 7. The molecular weight excluding hydrogens is 328 g/mol. The molecule has 0 bridgehead atoms. The first-order valence-corrected chi connectivity index (χ1v) is 8.32. The van der Waals surface area contributed by atoms with E-state index in [0.717, 1.165) is 30.4 Å². The Morgan fingerprint density at radius 2 is 2.05 bits per heavy atom. The minimum absolute atomic E-state index is 0.112. The monoisotopic (exact) mass is 350 g/mol. The molecule has 0 amide bonds. The minimum Gasteiger partial charge on any atom is -0.305 e. The van der Waals surface area contributed by atoms with E-state index in [1.54, 1.807) is 0 Å². The summed E-state index contributed by atoms with van der Waals surface area (Å²) in [4.78, 5) is 4.34. The van der Waals surface area contributed by atoms with E-state index in [4.69, 9.17) is 0 Å². The first-order chi connectivity index (χ1) is 10.2. The van der Waals surface area contributed by atoms with Gasteiger partial charge in [-0.05, 0) is 53.4 Å². The number of hydrogen-bond donors (Lipinski definition) is 1. The van der Waals surface area contributed by atoms with Crippen molar-refractivity contribution in [1.29, 1.82) is 0 Å². The Morgan fingerprint density at radius 3 is 2.71 bits per heavy atom. The highest BCUT2D eigenvalue weighted by Crippen LogP contribution is 2.29. The van der Waals surface area contributed by atoms with Crippen LogP contribution in [-0.4, -0.2) is 21.3 Å². The lowest BCUT2D eigenvalue weighted by Crippen LogP contribution is -2.26. The summed E-state index contributed by atoms with van der Waals surface area (Å²) in [6, 6.07) is 2.30. The third kappa shape index (κ3) is 3.92. The Labute approximate surface area is 135 Å². The van der Waals surface area contributed by atoms with Crippen molar-refractivity contribution in [3.05, 3.63) is 46.0 Å². The topological polar surface area (TPSA) is 42.7 Å². The van der Waals surface area contributed by atoms with Crippen LogP contribution in [0.2, 0.25) is 0 Å². The average molecular weight is 351 g/mol. The number of aryl methyl sites for hydroxylation is 2. The van der Waals surface area contributed by atoms with E-state index in [2.05, 4.69) is 62.8 Å². The SMILES string of the molecule is CCCNC(c1cncc(C)c1)c1c(Br)cnn1CCC. The van der Waals surface area contributed by atoms with Crippen LogP contribution in [0.15, 0.2) is 29.1 Å². The molecule has 0 spiro atoms. The molecule has 1 N–H and O–H groups in total. The molecule has 0 aliphatic rings. The van der Waals surface area contributed by atoms with Crippen molar-refractivity contribution in [2.75, 3.05) is 6.54 Å². The summed E-state index contributed by atoms with van der Waals surface area (Å²) in [5.41, 5.74) is 3.54. The fourth-order valence-electron chi connectivity index (χ4n) is 2.45. The van der Waals surface area contributed by atoms with Crippen molar-refractivity contribution < 1.29 is 0 Å². The Bertz CT molecular complexity index is 579. The first-order valence-electron chi connectivity index (χ1n) is 7.53. The van der Waals surface area contributed by atoms with Gasteiger partial charge >= 0.3 is 0 Å². The van der Waals surface area contributed by atoms with E-state index in [-0.39, 0.29) is 6.04 Å². The Kier molecular flexibility index (Phi) is 5.94. The number of hydrogen-bond acceptors (Lipinski definition) is 3. The molecule has 0 radical (unpaired) electrons. The highest BCUT2D eigenvalue weighted by Gasteiger charge is 2.21. The lowest BCUT2D eigenvalue weighted by atomic mass is 10.0. The van der Waals surface area contributed by atoms with Gasteiger partial charge in [0.1, 0.15) is 0 Å². The van der Waals surface area contributed by atoms with Gasteiger partial charge in [-0.25, -0.2) is 0 Å². The molecule has 0 fully saturated rings. The van der Waals surface area contributed by atoms with Gasteiger partial charge in [0.15, 0.2) is 0 Å². The summed E-state index contributed by atoms with van der Waals surface area (Å²) in [7, 11) is 0. The predicted octanol–water partition coefficient (Wildman–Crippen LogP) is 3.85. The number of aromatic nitrogens is 3. The lowest BCUT2D eigenvalue weighted by molar-refractivity contribution is 0.509. The number of pyridine rings is 1. The average Bonchev–Trinajstić information content (AvgIpc) is 2.82. The molecular formula is C16H23BrN4. The second kappa shape index (κ2) is 7.71. The van der Waals surface area contributed by atoms with Crippen LogP contribution in [0.1, 0.15) is 49.6 Å². The summed E-state index contributed by atoms with van der Waals surface area (Å²) in [5, 5.41) is 8.12. The molecule has 0 aliphatic heterocycles. The van der Waals surface area contributed by atoms with Crippen LogP contribution in [0.25, 0.3) is 0 Å². The Morgan fingerprint density at radius 1 is 1.24 bits per heavy atom. The Balaban J connectivity index is 2.42. The fourth-order valence-corrected chi connectivity index (χ4v) is 2.97. The van der Waals surface area contributed by atoms with E-state index >= 15 is 0 Å². The van der Waals surface area contributed by atoms with E-state index < -0.39 is 0 Å². The minimum atomic E-state index is 0.112. The smallest absolute Gasteiger partial charge is 0.0774 e. The molecule has 0 saturated heterocycles. The van der Waals surface area contributed by atoms with Crippen molar-refractivity contribution in [2.24, 2.45) is 0 Å². The largest absolute Gasteiger partial charge is 0.305 e. The van der Waals surface area contributed by atoms with Crippen LogP contribution in [0.4, 0.5) is 0 Å². The highest BCUT2D eigenvalue weighted by molar-refractivity contribution is 9.10. The molecule has 2 aromatic rings. The summed E-state index contributed by atoms with van der Waals surface area (Å²) < 4.78 is 3.13. The fraction of sp³-hybridized carbons (Fsp3) is 0.500. The van der Waals surface area contributed by atoms with Gasteiger partial charge in [0.25, 0.3) is 0 Å². The molecule has 5 heteroatoms. The molecule has 1 unspecified atom stereocenters. The van der Waals surface area contributed by atoms with Crippen molar-refractivity contribution in [3.8, 4) is 0 Å². The molecule has 4 nitrogen and oxygen atoms in total. The molecule has 2 rings (SSSR count). The maximum Gasteiger partial charge on any atom is 0.0774 e. The third-order valence-corrected chi connectivity index (χ3v) is 3.98. The van der Waals surface area contributed by atoms with Gasteiger partial charge in [-0.1, -0.05) is 19.9 Å². The molecule has 0 aromatic carbocycles. The zero-order chi connectivity index (χ0) is 15.2. The number of halogens is 1. The van der Waals surface area contributed by atoms with E-state index in [9.17, 15) is 0 Å². The second-order valence-electron chi connectivity index (χ2n) is 5.28. The normalized spacial score (nSPS) is 12.6. The maximum atomic E-state index is 4.49. The van der Waals surface area contributed by atoms with Gasteiger partial charge in [0.2, 0.25) is 0 Å². The van der Waals surface area contributed by atoms with Crippen molar-refractivity contribution in [2.45, 2.75) is 46.2 Å². The first kappa shape index (κ1) is 16.2. The van der Waals surface area contributed by atoms with Crippen LogP contribution in [0, 0.1) is 6.92 Å². The molecule has 1 atom stereocenters. The zero-order valence-electron chi connectivity index (χ0n) is 12.9. The molecule has 0 aliphatic carbocycles. The maximum absolute atomic E-state index is 4.49. The zero-order valence-corrected chi connectivity index (χ0v) is 14.5. The van der Waals surface area contributed by atoms with Crippen LogP contribution in [0.3, 0.4) is 0 Å². The second-order valence-corrected chi connectivity index (χ2v) is 6.14. The third-order valence-electron chi connectivity index (χ3n) is 3.37. The van der Waals surface area contributed by atoms with Crippen LogP contribution >= 0.6 is 15.9 Å². The van der Waals surface area contributed by atoms with Crippen molar-refractivity contribution >= 4 is 15.9 Å². The quantitative estimate of drug-likeness (QED) is 0.824.